The Morgan fingerprint density at radius 3 is 2.63 bits per heavy atom. The summed E-state index contributed by atoms with van der Waals surface area (Å²) in [5, 5.41) is 12.4. The summed E-state index contributed by atoms with van der Waals surface area (Å²) in [5.41, 5.74) is -1.45. The monoisotopic (exact) mass is 560 g/mol. The molecule has 3 heterocycles. The summed E-state index contributed by atoms with van der Waals surface area (Å²) in [4.78, 5) is 45.6. The molecule has 2 aromatic carbocycles. The number of ether oxygens (including phenoxy) is 2. The number of rotatable bonds is 12. The number of hydrogen-bond donors (Lipinski definition) is 1. The first-order valence-corrected chi connectivity index (χ1v) is 14.6. The maximum absolute atomic E-state index is 14.7. The average Bonchev–Trinajstić information content (AvgIpc) is 3.55. The Morgan fingerprint density at radius 2 is 1.95 bits per heavy atom. The van der Waals surface area contributed by atoms with E-state index in [4.69, 9.17) is 9.47 Å². The zero-order valence-electron chi connectivity index (χ0n) is 24.0. The second kappa shape index (κ2) is 11.4. The van der Waals surface area contributed by atoms with Gasteiger partial charge in [-0.1, -0.05) is 49.4 Å². The fourth-order valence-electron chi connectivity index (χ4n) is 7.24. The highest BCUT2D eigenvalue weighted by molar-refractivity contribution is 6.05. The number of fused-ring (bicyclic) bond motifs is 2. The number of amides is 2. The van der Waals surface area contributed by atoms with Gasteiger partial charge in [-0.25, -0.2) is 0 Å². The van der Waals surface area contributed by atoms with Crippen molar-refractivity contribution >= 4 is 34.2 Å². The van der Waals surface area contributed by atoms with Crippen LogP contribution in [0.3, 0.4) is 0 Å². The first-order valence-electron chi connectivity index (χ1n) is 14.6. The van der Waals surface area contributed by atoms with E-state index < -0.39 is 41.1 Å². The van der Waals surface area contributed by atoms with Gasteiger partial charge in [-0.15, -0.1) is 13.2 Å². The molecule has 0 saturated carbocycles. The number of carbonyl (C=O) groups excluding carboxylic acids is 3. The summed E-state index contributed by atoms with van der Waals surface area (Å²) in [6, 6.07) is 12.1. The zero-order chi connectivity index (χ0) is 29.4. The van der Waals surface area contributed by atoms with Crippen molar-refractivity contribution in [3.63, 3.8) is 0 Å². The Balaban J connectivity index is 1.56. The molecule has 2 unspecified atom stereocenters. The van der Waals surface area contributed by atoms with Crippen LogP contribution in [-0.2, 0) is 23.9 Å². The third kappa shape index (κ3) is 4.67. The molecule has 41 heavy (non-hydrogen) atoms. The van der Waals surface area contributed by atoms with Crippen LogP contribution in [-0.4, -0.2) is 70.8 Å². The summed E-state index contributed by atoms with van der Waals surface area (Å²) in [6.07, 6.45) is 6.20. The van der Waals surface area contributed by atoms with Crippen molar-refractivity contribution in [1.29, 1.82) is 0 Å². The summed E-state index contributed by atoms with van der Waals surface area (Å²) in [6.45, 7) is 11.5. The Kier molecular flexibility index (Phi) is 8.08. The number of aliphatic hydroxyl groups is 1. The second-order valence-corrected chi connectivity index (χ2v) is 11.6. The minimum absolute atomic E-state index is 0.221. The standard InChI is InChI=1S/C33H40N2O6/c1-5-8-11-19-40-31(39)27-26-29(37)35(24(7-3)21-36)28(33(26)17-16-32(27,4)41-33)30(38)34(18-6-2)25-15-14-22-12-9-10-13-23(22)20-25/h5-6,9-10,12-15,20,24,26-28,36H,1-2,7-8,11,16-19,21H2,3-4H3/t24-,26-,27+,28?,32-,33?/m0/s1. The van der Waals surface area contributed by atoms with Crippen LogP contribution in [0.5, 0.6) is 0 Å². The number of unbranched alkanes of at least 4 members (excludes halogenated alkanes) is 1. The van der Waals surface area contributed by atoms with Gasteiger partial charge in [-0.3, -0.25) is 14.4 Å². The van der Waals surface area contributed by atoms with Crippen molar-refractivity contribution in [2.24, 2.45) is 11.8 Å². The van der Waals surface area contributed by atoms with Crippen LogP contribution < -0.4 is 4.90 Å². The molecule has 3 aliphatic rings. The third-order valence-corrected chi connectivity index (χ3v) is 9.20. The number of anilines is 1. The highest BCUT2D eigenvalue weighted by atomic mass is 16.6. The number of aliphatic hydroxyl groups excluding tert-OH is 1. The number of hydrogen-bond acceptors (Lipinski definition) is 6. The lowest BCUT2D eigenvalue weighted by Crippen LogP contribution is -2.59. The van der Waals surface area contributed by atoms with Gasteiger partial charge in [-0.2, -0.15) is 0 Å². The highest BCUT2D eigenvalue weighted by Crippen LogP contribution is 2.63. The fourth-order valence-corrected chi connectivity index (χ4v) is 7.24. The van der Waals surface area contributed by atoms with E-state index in [2.05, 4.69) is 13.2 Å². The van der Waals surface area contributed by atoms with E-state index in [0.29, 0.717) is 37.8 Å². The van der Waals surface area contributed by atoms with Crippen LogP contribution in [0, 0.1) is 11.8 Å². The Hall–Kier alpha value is -3.49. The zero-order valence-corrected chi connectivity index (χ0v) is 24.0. The average molecular weight is 561 g/mol. The van der Waals surface area contributed by atoms with Crippen molar-refractivity contribution in [1.82, 2.24) is 4.90 Å². The number of benzene rings is 2. The summed E-state index contributed by atoms with van der Waals surface area (Å²) < 4.78 is 12.4. The van der Waals surface area contributed by atoms with E-state index in [-0.39, 0.29) is 31.6 Å². The van der Waals surface area contributed by atoms with Gasteiger partial charge >= 0.3 is 5.97 Å². The number of likely N-dealkylation sites (tertiary alicyclic amines) is 1. The smallest absolute Gasteiger partial charge is 0.312 e. The molecule has 0 aromatic heterocycles. The molecule has 3 fully saturated rings. The van der Waals surface area contributed by atoms with Gasteiger partial charge in [0.25, 0.3) is 5.91 Å². The summed E-state index contributed by atoms with van der Waals surface area (Å²) >= 11 is 0. The SMILES string of the molecule is C=CCCCOC(=O)[C@H]1[C@H]2C(=O)N([C@@H](CC)CO)C(C(=O)N(CC=C)c3ccc4ccccc4c3)C23CC[C@]1(C)O3. The molecule has 8 heteroatoms. The fraction of sp³-hybridized carbons (Fsp3) is 0.485. The first-order chi connectivity index (χ1) is 19.8. The Labute approximate surface area is 241 Å². The molecular formula is C33H40N2O6. The number of carbonyl (C=O) groups is 3. The molecule has 0 aliphatic carbocycles. The number of esters is 1. The van der Waals surface area contributed by atoms with Crippen LogP contribution in [0.25, 0.3) is 10.8 Å². The molecule has 0 radical (unpaired) electrons. The summed E-state index contributed by atoms with van der Waals surface area (Å²) in [5.74, 6) is -2.83. The van der Waals surface area contributed by atoms with Crippen molar-refractivity contribution in [3.8, 4) is 0 Å². The molecule has 6 atom stereocenters. The van der Waals surface area contributed by atoms with E-state index in [9.17, 15) is 19.5 Å². The Morgan fingerprint density at radius 1 is 1.20 bits per heavy atom. The summed E-state index contributed by atoms with van der Waals surface area (Å²) in [7, 11) is 0. The number of allylic oxidation sites excluding steroid dienone is 1. The predicted octanol–water partition coefficient (Wildman–Crippen LogP) is 4.40. The molecule has 1 N–H and O–H groups in total. The van der Waals surface area contributed by atoms with Crippen molar-refractivity contribution in [3.05, 3.63) is 67.8 Å². The van der Waals surface area contributed by atoms with Crippen LogP contribution in [0.4, 0.5) is 5.69 Å². The maximum atomic E-state index is 14.7. The topological polar surface area (TPSA) is 96.4 Å². The van der Waals surface area contributed by atoms with Crippen molar-refractivity contribution < 1.29 is 29.0 Å². The molecule has 8 nitrogen and oxygen atoms in total. The van der Waals surface area contributed by atoms with Crippen molar-refractivity contribution in [2.45, 2.75) is 69.2 Å². The van der Waals surface area contributed by atoms with Crippen molar-refractivity contribution in [2.75, 3.05) is 24.7 Å². The molecule has 1 spiro atoms. The lowest BCUT2D eigenvalue weighted by Gasteiger charge is -2.39. The molecule has 5 rings (SSSR count). The lowest BCUT2D eigenvalue weighted by molar-refractivity contribution is -0.160. The normalized spacial score (nSPS) is 28.9. The van der Waals surface area contributed by atoms with Gasteiger partial charge in [0.15, 0.2) is 0 Å². The minimum atomic E-state index is -1.20. The predicted molar refractivity (Wildman–Crippen MR) is 157 cm³/mol. The van der Waals surface area contributed by atoms with E-state index in [1.807, 2.05) is 56.3 Å². The molecule has 2 bridgehead atoms. The maximum Gasteiger partial charge on any atom is 0.312 e. The van der Waals surface area contributed by atoms with Gasteiger partial charge in [0.1, 0.15) is 17.6 Å². The quantitative estimate of drug-likeness (QED) is 0.235. The largest absolute Gasteiger partial charge is 0.465 e. The van der Waals surface area contributed by atoms with Gasteiger partial charge < -0.3 is 24.4 Å². The van der Waals surface area contributed by atoms with Crippen LogP contribution in [0.1, 0.15) is 46.0 Å². The minimum Gasteiger partial charge on any atom is -0.465 e. The molecule has 218 valence electrons. The molecule has 2 amide bonds. The highest BCUT2D eigenvalue weighted by Gasteiger charge is 2.79. The van der Waals surface area contributed by atoms with Crippen LogP contribution >= 0.6 is 0 Å². The first kappa shape index (κ1) is 29.0. The van der Waals surface area contributed by atoms with E-state index >= 15 is 0 Å². The molecule has 3 saturated heterocycles. The van der Waals surface area contributed by atoms with Gasteiger partial charge in [0, 0.05) is 12.2 Å². The van der Waals surface area contributed by atoms with E-state index in [1.54, 1.807) is 17.1 Å². The lowest BCUT2D eigenvalue weighted by atomic mass is 9.66. The second-order valence-electron chi connectivity index (χ2n) is 11.6. The van der Waals surface area contributed by atoms with Crippen LogP contribution in [0.15, 0.2) is 67.8 Å². The Bertz CT molecular complexity index is 1350. The van der Waals surface area contributed by atoms with Crippen LogP contribution in [0.2, 0.25) is 0 Å². The van der Waals surface area contributed by atoms with E-state index in [1.165, 1.54) is 4.90 Å². The van der Waals surface area contributed by atoms with Gasteiger partial charge in [-0.05, 0) is 61.9 Å². The van der Waals surface area contributed by atoms with Gasteiger partial charge in [0.05, 0.1) is 30.8 Å². The third-order valence-electron chi connectivity index (χ3n) is 9.20. The molecular weight excluding hydrogens is 520 g/mol. The van der Waals surface area contributed by atoms with E-state index in [0.717, 1.165) is 10.8 Å². The van der Waals surface area contributed by atoms with Gasteiger partial charge in [0.2, 0.25) is 5.91 Å². The molecule has 2 aromatic rings. The number of nitrogens with zero attached hydrogens (tertiary/aromatic N) is 2. The molecule has 3 aliphatic heterocycles.